The number of aliphatic hydroxyl groups excluding tert-OH is 1. The van der Waals surface area contributed by atoms with E-state index in [1.54, 1.807) is 43.3 Å². The third-order valence-electron chi connectivity index (χ3n) is 3.42. The molecule has 23 heavy (non-hydrogen) atoms. The van der Waals surface area contributed by atoms with Crippen LogP contribution < -0.4 is 0 Å². The van der Waals surface area contributed by atoms with Gasteiger partial charge in [-0.25, -0.2) is 0 Å². The molecule has 0 aliphatic carbocycles. The third kappa shape index (κ3) is 4.68. The first-order valence-corrected chi connectivity index (χ1v) is 7.83. The number of ether oxygens (including phenoxy) is 1. The second kappa shape index (κ2) is 8.51. The molecule has 0 aliphatic rings. The zero-order chi connectivity index (χ0) is 16.7. The number of hydrogen-bond acceptors (Lipinski definition) is 3. The zero-order valence-electron chi connectivity index (χ0n) is 12.9. The highest BCUT2D eigenvalue weighted by atomic mass is 35.5. The maximum atomic E-state index is 12.2. The minimum Gasteiger partial charge on any atom is -0.465 e. The topological polar surface area (TPSA) is 46.5 Å². The van der Waals surface area contributed by atoms with Crippen LogP contribution in [0.25, 0.3) is 6.08 Å². The number of carbonyl (C=O) groups is 1. The van der Waals surface area contributed by atoms with Crippen LogP contribution in [-0.4, -0.2) is 17.7 Å². The van der Waals surface area contributed by atoms with E-state index >= 15 is 0 Å². The lowest BCUT2D eigenvalue weighted by Crippen LogP contribution is -2.23. The Morgan fingerprint density at radius 2 is 1.83 bits per heavy atom. The molecule has 0 aliphatic heterocycles. The normalized spacial score (nSPS) is 13.7. The summed E-state index contributed by atoms with van der Waals surface area (Å²) < 4.78 is 5.08. The van der Waals surface area contributed by atoms with Crippen LogP contribution in [0.3, 0.4) is 0 Å². The Labute approximate surface area is 141 Å². The van der Waals surface area contributed by atoms with Crippen molar-refractivity contribution in [1.29, 1.82) is 0 Å². The minimum atomic E-state index is -1.07. The number of rotatable bonds is 6. The van der Waals surface area contributed by atoms with Gasteiger partial charge in [-0.15, -0.1) is 0 Å². The van der Waals surface area contributed by atoms with Crippen LogP contribution in [0.2, 0.25) is 5.02 Å². The summed E-state index contributed by atoms with van der Waals surface area (Å²) in [4.78, 5) is 12.2. The molecule has 4 heteroatoms. The fourth-order valence-electron chi connectivity index (χ4n) is 2.24. The molecule has 0 bridgehead atoms. The molecular weight excluding hydrogens is 312 g/mol. The lowest BCUT2D eigenvalue weighted by atomic mass is 9.94. The smallest absolute Gasteiger partial charge is 0.315 e. The largest absolute Gasteiger partial charge is 0.465 e. The van der Waals surface area contributed by atoms with E-state index in [9.17, 15) is 9.90 Å². The first-order chi connectivity index (χ1) is 11.1. The highest BCUT2D eigenvalue weighted by Crippen LogP contribution is 2.30. The summed E-state index contributed by atoms with van der Waals surface area (Å²) in [5, 5.41) is 11.0. The molecule has 0 heterocycles. The van der Waals surface area contributed by atoms with E-state index in [0.717, 1.165) is 5.56 Å². The lowest BCUT2D eigenvalue weighted by molar-refractivity contribution is -0.149. The van der Waals surface area contributed by atoms with Crippen LogP contribution >= 0.6 is 11.6 Å². The maximum absolute atomic E-state index is 12.2. The van der Waals surface area contributed by atoms with Crippen LogP contribution in [0.1, 0.15) is 24.2 Å². The molecule has 0 unspecified atom stereocenters. The SMILES string of the molecule is CCOC(=O)[C@@H](/C=C/c1ccccc1)[C@@H](O)c1ccccc1Cl. The van der Waals surface area contributed by atoms with Crippen LogP contribution in [0.15, 0.2) is 60.7 Å². The molecule has 2 aromatic carbocycles. The number of aliphatic hydroxyl groups is 1. The van der Waals surface area contributed by atoms with Gasteiger partial charge in [0.2, 0.25) is 0 Å². The summed E-state index contributed by atoms with van der Waals surface area (Å²) in [6, 6.07) is 16.5. The van der Waals surface area contributed by atoms with E-state index in [2.05, 4.69) is 0 Å². The predicted octanol–water partition coefficient (Wildman–Crippen LogP) is 4.27. The van der Waals surface area contributed by atoms with Crippen LogP contribution in [0.4, 0.5) is 0 Å². The first kappa shape index (κ1) is 17.3. The van der Waals surface area contributed by atoms with Crippen LogP contribution in [-0.2, 0) is 9.53 Å². The van der Waals surface area contributed by atoms with Gasteiger partial charge in [-0.1, -0.05) is 72.3 Å². The van der Waals surface area contributed by atoms with Gasteiger partial charge >= 0.3 is 5.97 Å². The number of esters is 1. The fraction of sp³-hybridized carbons (Fsp3) is 0.211. The first-order valence-electron chi connectivity index (χ1n) is 7.46. The number of benzene rings is 2. The molecule has 0 radical (unpaired) electrons. The number of hydrogen-bond donors (Lipinski definition) is 1. The third-order valence-corrected chi connectivity index (χ3v) is 3.76. The van der Waals surface area contributed by atoms with E-state index in [1.165, 1.54) is 0 Å². The molecule has 0 spiro atoms. The summed E-state index contributed by atoms with van der Waals surface area (Å²) in [7, 11) is 0. The number of halogens is 1. The van der Waals surface area contributed by atoms with Gasteiger partial charge in [0.1, 0.15) is 5.92 Å². The summed E-state index contributed by atoms with van der Waals surface area (Å²) in [6.07, 6.45) is 2.38. The standard InChI is InChI=1S/C19H19ClO3/c1-2-23-19(22)16(13-12-14-8-4-3-5-9-14)18(21)15-10-6-7-11-17(15)20/h3-13,16,18,21H,2H2,1H3/b13-12+/t16-,18-/m0/s1. The molecule has 2 rings (SSSR count). The lowest BCUT2D eigenvalue weighted by Gasteiger charge is -2.19. The summed E-state index contributed by atoms with van der Waals surface area (Å²) in [6.45, 7) is 1.99. The molecule has 3 nitrogen and oxygen atoms in total. The van der Waals surface area contributed by atoms with E-state index in [0.29, 0.717) is 10.6 Å². The zero-order valence-corrected chi connectivity index (χ0v) is 13.6. The fourth-order valence-corrected chi connectivity index (χ4v) is 2.49. The van der Waals surface area contributed by atoms with E-state index < -0.39 is 18.0 Å². The Kier molecular flexibility index (Phi) is 6.39. The molecule has 0 saturated heterocycles. The Hall–Kier alpha value is -2.10. The molecule has 120 valence electrons. The predicted molar refractivity (Wildman–Crippen MR) is 92.0 cm³/mol. The average Bonchev–Trinajstić information content (AvgIpc) is 2.56. The highest BCUT2D eigenvalue weighted by Gasteiger charge is 2.28. The van der Waals surface area contributed by atoms with Gasteiger partial charge in [-0.05, 0) is 18.6 Å². The Balaban J connectivity index is 2.29. The van der Waals surface area contributed by atoms with Crippen molar-refractivity contribution in [3.05, 3.63) is 76.8 Å². The van der Waals surface area contributed by atoms with Gasteiger partial charge in [-0.3, -0.25) is 4.79 Å². The van der Waals surface area contributed by atoms with Crippen molar-refractivity contribution in [3.63, 3.8) is 0 Å². The minimum absolute atomic E-state index is 0.254. The molecule has 0 fully saturated rings. The average molecular weight is 331 g/mol. The highest BCUT2D eigenvalue weighted by molar-refractivity contribution is 6.31. The van der Waals surface area contributed by atoms with Gasteiger partial charge in [0.05, 0.1) is 12.7 Å². The molecule has 0 aromatic heterocycles. The van der Waals surface area contributed by atoms with Crippen molar-refractivity contribution in [2.75, 3.05) is 6.61 Å². The quantitative estimate of drug-likeness (QED) is 0.805. The Morgan fingerprint density at radius 3 is 2.48 bits per heavy atom. The van der Waals surface area contributed by atoms with Gasteiger partial charge in [-0.2, -0.15) is 0 Å². The second-order valence-electron chi connectivity index (χ2n) is 5.01. The second-order valence-corrected chi connectivity index (χ2v) is 5.42. The van der Waals surface area contributed by atoms with Crippen molar-refractivity contribution < 1.29 is 14.6 Å². The molecule has 2 atom stereocenters. The van der Waals surface area contributed by atoms with Gasteiger partial charge in [0, 0.05) is 10.6 Å². The molecule has 2 aromatic rings. The maximum Gasteiger partial charge on any atom is 0.315 e. The summed E-state index contributed by atoms with van der Waals surface area (Å²) in [5.74, 6) is -1.30. The van der Waals surface area contributed by atoms with Gasteiger partial charge < -0.3 is 9.84 Å². The molecule has 1 N–H and O–H groups in total. The molecular formula is C19H19ClO3. The monoisotopic (exact) mass is 330 g/mol. The van der Waals surface area contributed by atoms with Crippen molar-refractivity contribution in [2.45, 2.75) is 13.0 Å². The van der Waals surface area contributed by atoms with Gasteiger partial charge in [0.25, 0.3) is 0 Å². The Bertz CT molecular complexity index is 667. The Morgan fingerprint density at radius 1 is 1.17 bits per heavy atom. The summed E-state index contributed by atoms with van der Waals surface area (Å²) in [5.41, 5.74) is 1.44. The van der Waals surface area contributed by atoms with Crippen LogP contribution in [0, 0.1) is 5.92 Å². The summed E-state index contributed by atoms with van der Waals surface area (Å²) >= 11 is 6.13. The molecule has 0 saturated carbocycles. The number of carbonyl (C=O) groups excluding carboxylic acids is 1. The molecule has 0 amide bonds. The van der Waals surface area contributed by atoms with Gasteiger partial charge in [0.15, 0.2) is 0 Å². The van der Waals surface area contributed by atoms with E-state index in [-0.39, 0.29) is 6.61 Å². The van der Waals surface area contributed by atoms with E-state index in [1.807, 2.05) is 30.3 Å². The van der Waals surface area contributed by atoms with Crippen molar-refractivity contribution in [2.24, 2.45) is 5.92 Å². The van der Waals surface area contributed by atoms with Crippen molar-refractivity contribution >= 4 is 23.6 Å². The van der Waals surface area contributed by atoms with E-state index in [4.69, 9.17) is 16.3 Å². The van der Waals surface area contributed by atoms with Crippen molar-refractivity contribution in [3.8, 4) is 0 Å². The van der Waals surface area contributed by atoms with Crippen molar-refractivity contribution in [1.82, 2.24) is 0 Å². The van der Waals surface area contributed by atoms with Crippen LogP contribution in [0.5, 0.6) is 0 Å².